The first-order valence-electron chi connectivity index (χ1n) is 7.71. The van der Waals surface area contributed by atoms with Crippen molar-refractivity contribution in [1.82, 2.24) is 10.9 Å². The number of carbonyl (C=O) groups excluding carboxylic acids is 2. The van der Waals surface area contributed by atoms with Crippen LogP contribution < -0.4 is 20.3 Å². The first-order valence-corrected chi connectivity index (χ1v) is 7.71. The Morgan fingerprint density at radius 2 is 2.04 bits per heavy atom. The molecule has 124 valence electrons. The lowest BCUT2D eigenvalue weighted by atomic mass is 9.94. The summed E-state index contributed by atoms with van der Waals surface area (Å²) < 4.78 is 10.6. The predicted octanol–water partition coefficient (Wildman–Crippen LogP) is 2.21. The Balaban J connectivity index is 1.95. The predicted molar refractivity (Wildman–Crippen MR) is 86.3 cm³/mol. The van der Waals surface area contributed by atoms with E-state index in [0.717, 1.165) is 12.8 Å². The topological polar surface area (TPSA) is 76.7 Å². The van der Waals surface area contributed by atoms with E-state index in [9.17, 15) is 9.59 Å². The van der Waals surface area contributed by atoms with Crippen molar-refractivity contribution in [3.05, 3.63) is 35.9 Å². The van der Waals surface area contributed by atoms with Crippen LogP contribution in [0.5, 0.6) is 11.5 Å². The molecule has 2 amide bonds. The number of carbonyl (C=O) groups is 2. The van der Waals surface area contributed by atoms with Crippen molar-refractivity contribution < 1.29 is 19.1 Å². The summed E-state index contributed by atoms with van der Waals surface area (Å²) in [4.78, 5) is 24.1. The van der Waals surface area contributed by atoms with E-state index in [2.05, 4.69) is 16.9 Å². The third kappa shape index (κ3) is 4.48. The maximum Gasteiger partial charge on any atom is 0.269 e. The Hall–Kier alpha value is -2.50. The smallest absolute Gasteiger partial charge is 0.269 e. The molecule has 0 saturated carbocycles. The van der Waals surface area contributed by atoms with Crippen molar-refractivity contribution in [2.45, 2.75) is 26.2 Å². The molecule has 1 aliphatic rings. The molecular weight excluding hydrogens is 296 g/mol. The zero-order valence-corrected chi connectivity index (χ0v) is 13.4. The highest BCUT2D eigenvalue weighted by atomic mass is 16.5. The van der Waals surface area contributed by atoms with Crippen LogP contribution in [-0.2, 0) is 4.79 Å². The molecule has 6 nitrogen and oxygen atoms in total. The van der Waals surface area contributed by atoms with Crippen molar-refractivity contribution in [2.75, 3.05) is 13.7 Å². The molecule has 0 fully saturated rings. The third-order valence-corrected chi connectivity index (χ3v) is 3.66. The quantitative estimate of drug-likeness (QED) is 0.644. The van der Waals surface area contributed by atoms with Gasteiger partial charge in [0.25, 0.3) is 5.91 Å². The molecule has 0 bridgehead atoms. The van der Waals surface area contributed by atoms with Gasteiger partial charge in [-0.15, -0.1) is 0 Å². The molecule has 1 unspecified atom stereocenters. The number of rotatable bonds is 5. The highest BCUT2D eigenvalue weighted by Gasteiger charge is 2.19. The monoisotopic (exact) mass is 318 g/mol. The summed E-state index contributed by atoms with van der Waals surface area (Å²) in [5.41, 5.74) is 5.31. The van der Waals surface area contributed by atoms with Crippen LogP contribution in [0.4, 0.5) is 0 Å². The molecule has 0 spiro atoms. The molecule has 6 heteroatoms. The van der Waals surface area contributed by atoms with Gasteiger partial charge in [-0.2, -0.15) is 0 Å². The van der Waals surface area contributed by atoms with Gasteiger partial charge in [0.05, 0.1) is 13.7 Å². The lowest BCUT2D eigenvalue weighted by Crippen LogP contribution is -2.44. The fourth-order valence-electron chi connectivity index (χ4n) is 2.41. The molecule has 1 aliphatic carbocycles. The van der Waals surface area contributed by atoms with Crippen molar-refractivity contribution in [3.63, 3.8) is 0 Å². The summed E-state index contributed by atoms with van der Waals surface area (Å²) in [6.07, 6.45) is 6.46. The molecule has 23 heavy (non-hydrogen) atoms. The van der Waals surface area contributed by atoms with Gasteiger partial charge in [-0.25, -0.2) is 0 Å². The van der Waals surface area contributed by atoms with E-state index in [4.69, 9.17) is 9.47 Å². The molecule has 2 rings (SSSR count). The van der Waals surface area contributed by atoms with E-state index in [1.807, 2.05) is 13.0 Å². The van der Waals surface area contributed by atoms with Gasteiger partial charge in [0.2, 0.25) is 5.91 Å². The summed E-state index contributed by atoms with van der Waals surface area (Å²) in [7, 11) is 1.51. The molecule has 1 atom stereocenters. The minimum Gasteiger partial charge on any atom is -0.493 e. The lowest BCUT2D eigenvalue weighted by molar-refractivity contribution is -0.126. The Bertz CT molecular complexity index is 598. The molecule has 0 radical (unpaired) electrons. The molecule has 1 aromatic carbocycles. The Kier molecular flexibility index (Phi) is 6.02. The van der Waals surface area contributed by atoms with Gasteiger partial charge in [-0.3, -0.25) is 20.4 Å². The minimum absolute atomic E-state index is 0.0878. The Labute approximate surface area is 135 Å². The third-order valence-electron chi connectivity index (χ3n) is 3.66. The molecule has 2 N–H and O–H groups in total. The lowest BCUT2D eigenvalue weighted by Gasteiger charge is -2.17. The van der Waals surface area contributed by atoms with Gasteiger partial charge in [-0.05, 0) is 44.4 Å². The van der Waals surface area contributed by atoms with Gasteiger partial charge < -0.3 is 9.47 Å². The highest BCUT2D eigenvalue weighted by Crippen LogP contribution is 2.27. The van der Waals surface area contributed by atoms with Gasteiger partial charge in [0, 0.05) is 11.5 Å². The fraction of sp³-hybridized carbons (Fsp3) is 0.412. The van der Waals surface area contributed by atoms with E-state index < -0.39 is 5.91 Å². The zero-order chi connectivity index (χ0) is 16.7. The molecular formula is C17H22N2O4. The molecule has 0 saturated heterocycles. The van der Waals surface area contributed by atoms with Crippen molar-refractivity contribution in [2.24, 2.45) is 5.92 Å². The van der Waals surface area contributed by atoms with Crippen LogP contribution in [0.25, 0.3) is 0 Å². The fourth-order valence-corrected chi connectivity index (χ4v) is 2.41. The van der Waals surface area contributed by atoms with Crippen molar-refractivity contribution >= 4 is 11.8 Å². The van der Waals surface area contributed by atoms with E-state index in [0.29, 0.717) is 30.1 Å². The highest BCUT2D eigenvalue weighted by molar-refractivity contribution is 5.96. The number of benzene rings is 1. The second-order valence-electron chi connectivity index (χ2n) is 5.22. The number of amides is 2. The summed E-state index contributed by atoms with van der Waals surface area (Å²) in [5.74, 6) is 0.398. The van der Waals surface area contributed by atoms with E-state index in [1.54, 1.807) is 18.2 Å². The van der Waals surface area contributed by atoms with Crippen LogP contribution in [0.2, 0.25) is 0 Å². The number of ether oxygens (including phenoxy) is 2. The van der Waals surface area contributed by atoms with Gasteiger partial charge in [-0.1, -0.05) is 12.2 Å². The van der Waals surface area contributed by atoms with E-state index in [1.165, 1.54) is 7.11 Å². The molecule has 0 heterocycles. The molecule has 0 aliphatic heterocycles. The zero-order valence-electron chi connectivity index (χ0n) is 13.4. The van der Waals surface area contributed by atoms with E-state index in [-0.39, 0.29) is 11.8 Å². The molecule has 0 aromatic heterocycles. The average molecular weight is 318 g/mol. The van der Waals surface area contributed by atoms with Gasteiger partial charge >= 0.3 is 0 Å². The van der Waals surface area contributed by atoms with E-state index >= 15 is 0 Å². The normalized spacial score (nSPS) is 16.5. The first kappa shape index (κ1) is 16.9. The number of hydrogen-bond acceptors (Lipinski definition) is 4. The number of nitrogens with one attached hydrogen (secondary N) is 2. The largest absolute Gasteiger partial charge is 0.493 e. The number of hydrogen-bond donors (Lipinski definition) is 2. The summed E-state index contributed by atoms with van der Waals surface area (Å²) in [6, 6.07) is 4.87. The Morgan fingerprint density at radius 1 is 1.22 bits per heavy atom. The van der Waals surface area contributed by atoms with Gasteiger partial charge in [0.15, 0.2) is 11.5 Å². The maximum absolute atomic E-state index is 12.1. The summed E-state index contributed by atoms with van der Waals surface area (Å²) >= 11 is 0. The van der Waals surface area contributed by atoms with Crippen LogP contribution in [0.3, 0.4) is 0 Å². The standard InChI is InChI=1S/C17H22N2O4/c1-3-23-14-10-9-13(11-15(14)22-2)17(21)19-18-16(20)12-7-5-4-6-8-12/h4-5,9-12H,3,6-8H2,1-2H3,(H,18,20)(H,19,21). The number of hydrazine groups is 1. The van der Waals surface area contributed by atoms with Crippen LogP contribution in [0.15, 0.2) is 30.4 Å². The van der Waals surface area contributed by atoms with Crippen molar-refractivity contribution in [3.8, 4) is 11.5 Å². The second kappa shape index (κ2) is 8.22. The van der Waals surface area contributed by atoms with Crippen LogP contribution in [0.1, 0.15) is 36.5 Å². The number of allylic oxidation sites excluding steroid dienone is 2. The first-order chi connectivity index (χ1) is 11.2. The summed E-state index contributed by atoms with van der Waals surface area (Å²) in [5, 5.41) is 0. The maximum atomic E-state index is 12.1. The van der Waals surface area contributed by atoms with Crippen molar-refractivity contribution in [1.29, 1.82) is 0 Å². The number of methoxy groups -OCH3 is 1. The van der Waals surface area contributed by atoms with Crippen LogP contribution >= 0.6 is 0 Å². The Morgan fingerprint density at radius 3 is 2.70 bits per heavy atom. The molecule has 1 aromatic rings. The second-order valence-corrected chi connectivity index (χ2v) is 5.22. The average Bonchev–Trinajstić information content (AvgIpc) is 2.60. The SMILES string of the molecule is CCOc1ccc(C(=O)NNC(=O)C2CC=CCC2)cc1OC. The minimum atomic E-state index is -0.397. The summed E-state index contributed by atoms with van der Waals surface area (Å²) in [6.45, 7) is 2.38. The van der Waals surface area contributed by atoms with Crippen LogP contribution in [-0.4, -0.2) is 25.5 Å². The van der Waals surface area contributed by atoms with Gasteiger partial charge in [0.1, 0.15) is 0 Å². The van der Waals surface area contributed by atoms with Crippen LogP contribution in [0, 0.1) is 5.92 Å².